The highest BCUT2D eigenvalue weighted by molar-refractivity contribution is 5.83. The maximum Gasteiger partial charge on any atom is 0.326 e. The summed E-state index contributed by atoms with van der Waals surface area (Å²) in [6.07, 6.45) is 2.86. The second-order valence-corrected chi connectivity index (χ2v) is 6.26. The third-order valence-corrected chi connectivity index (χ3v) is 3.10. The number of urea groups is 1. The van der Waals surface area contributed by atoms with Crippen LogP contribution in [0.4, 0.5) is 4.79 Å². The Balaban J connectivity index is 2.37. The molecule has 1 fully saturated rings. The topological polar surface area (TPSA) is 105 Å². The molecule has 3 N–H and O–H groups in total. The molecular formula is C14H24N2O5. The first-order valence-electron chi connectivity index (χ1n) is 7.19. The molecule has 1 saturated carbocycles. The van der Waals surface area contributed by atoms with Crippen LogP contribution < -0.4 is 10.6 Å². The molecule has 1 aliphatic carbocycles. The van der Waals surface area contributed by atoms with Crippen molar-refractivity contribution in [2.45, 2.75) is 70.6 Å². The second kappa shape index (κ2) is 7.28. The zero-order chi connectivity index (χ0) is 16.0. The molecule has 0 aromatic heterocycles. The Morgan fingerprint density at radius 1 is 1.29 bits per heavy atom. The maximum absolute atomic E-state index is 11.6. The molecule has 0 bridgehead atoms. The molecule has 120 valence electrons. The monoisotopic (exact) mass is 300 g/mol. The van der Waals surface area contributed by atoms with Gasteiger partial charge in [-0.2, -0.15) is 0 Å². The van der Waals surface area contributed by atoms with Gasteiger partial charge in [-0.1, -0.05) is 0 Å². The van der Waals surface area contributed by atoms with Crippen molar-refractivity contribution in [2.24, 2.45) is 0 Å². The van der Waals surface area contributed by atoms with E-state index in [2.05, 4.69) is 10.6 Å². The lowest BCUT2D eigenvalue weighted by molar-refractivity contribution is -0.155. The zero-order valence-corrected chi connectivity index (χ0v) is 12.8. The Hall–Kier alpha value is -1.79. The van der Waals surface area contributed by atoms with E-state index in [-0.39, 0.29) is 18.9 Å². The predicted molar refractivity (Wildman–Crippen MR) is 75.8 cm³/mol. The lowest BCUT2D eigenvalue weighted by Crippen LogP contribution is -2.50. The number of nitrogens with one attached hydrogen (secondary N) is 2. The number of carbonyl (C=O) groups excluding carboxylic acids is 2. The van der Waals surface area contributed by atoms with Crippen LogP contribution in [0.25, 0.3) is 0 Å². The number of aliphatic carboxylic acids is 1. The fourth-order valence-electron chi connectivity index (χ4n) is 1.85. The van der Waals surface area contributed by atoms with Crippen LogP contribution in [0.1, 0.15) is 52.9 Å². The Labute approximate surface area is 124 Å². The first-order valence-corrected chi connectivity index (χ1v) is 7.19. The molecule has 1 atom stereocenters. The summed E-state index contributed by atoms with van der Waals surface area (Å²) in [5, 5.41) is 14.2. The maximum atomic E-state index is 11.6. The van der Waals surface area contributed by atoms with E-state index in [0.29, 0.717) is 0 Å². The summed E-state index contributed by atoms with van der Waals surface area (Å²) in [6.45, 7) is 5.22. The molecule has 0 unspecified atom stereocenters. The van der Waals surface area contributed by atoms with Gasteiger partial charge in [0.05, 0.1) is 0 Å². The summed E-state index contributed by atoms with van der Waals surface area (Å²) >= 11 is 0. The summed E-state index contributed by atoms with van der Waals surface area (Å²) in [4.78, 5) is 34.3. The number of ether oxygens (including phenoxy) is 1. The van der Waals surface area contributed by atoms with Gasteiger partial charge in [-0.25, -0.2) is 9.59 Å². The Kier molecular flexibility index (Phi) is 5.99. The smallest absolute Gasteiger partial charge is 0.326 e. The number of esters is 1. The van der Waals surface area contributed by atoms with Crippen molar-refractivity contribution in [3.63, 3.8) is 0 Å². The zero-order valence-electron chi connectivity index (χ0n) is 12.8. The van der Waals surface area contributed by atoms with Crippen LogP contribution in [0.15, 0.2) is 0 Å². The van der Waals surface area contributed by atoms with Crippen LogP contribution in [-0.2, 0) is 14.3 Å². The Morgan fingerprint density at radius 3 is 2.33 bits per heavy atom. The van der Waals surface area contributed by atoms with E-state index < -0.39 is 29.6 Å². The Bertz CT molecular complexity index is 399. The van der Waals surface area contributed by atoms with Gasteiger partial charge in [0.15, 0.2) is 0 Å². The molecule has 7 heteroatoms. The van der Waals surface area contributed by atoms with Crippen LogP contribution in [0.5, 0.6) is 0 Å². The van der Waals surface area contributed by atoms with Gasteiger partial charge in [0.25, 0.3) is 0 Å². The first-order chi connectivity index (χ1) is 9.67. The molecule has 1 rings (SSSR count). The largest absolute Gasteiger partial charge is 0.480 e. The van der Waals surface area contributed by atoms with Gasteiger partial charge in [0, 0.05) is 12.5 Å². The molecule has 0 spiro atoms. The van der Waals surface area contributed by atoms with Gasteiger partial charge in [0.1, 0.15) is 11.6 Å². The number of amides is 2. The lowest BCUT2D eigenvalue weighted by Gasteiger charge is -2.27. The minimum atomic E-state index is -1.16. The van der Waals surface area contributed by atoms with Gasteiger partial charge in [-0.15, -0.1) is 0 Å². The van der Waals surface area contributed by atoms with Gasteiger partial charge in [0.2, 0.25) is 0 Å². The highest BCUT2D eigenvalue weighted by atomic mass is 16.6. The number of hydrogen-bond donors (Lipinski definition) is 3. The van der Waals surface area contributed by atoms with E-state index in [0.717, 1.165) is 19.3 Å². The van der Waals surface area contributed by atoms with Crippen molar-refractivity contribution in [2.75, 3.05) is 0 Å². The van der Waals surface area contributed by atoms with Gasteiger partial charge < -0.3 is 20.5 Å². The number of hydrogen-bond acceptors (Lipinski definition) is 4. The van der Waals surface area contributed by atoms with E-state index in [1.807, 2.05) is 0 Å². The van der Waals surface area contributed by atoms with Crippen LogP contribution in [0.3, 0.4) is 0 Å². The molecule has 21 heavy (non-hydrogen) atoms. The van der Waals surface area contributed by atoms with Crippen LogP contribution >= 0.6 is 0 Å². The molecule has 0 aromatic carbocycles. The van der Waals surface area contributed by atoms with Gasteiger partial charge in [-0.05, 0) is 46.5 Å². The van der Waals surface area contributed by atoms with Crippen molar-refractivity contribution in [1.29, 1.82) is 0 Å². The molecule has 0 radical (unpaired) electrons. The fourth-order valence-corrected chi connectivity index (χ4v) is 1.85. The summed E-state index contributed by atoms with van der Waals surface area (Å²) in [5.41, 5.74) is -0.606. The van der Waals surface area contributed by atoms with Crippen molar-refractivity contribution in [3.8, 4) is 0 Å². The highest BCUT2D eigenvalue weighted by Gasteiger charge is 2.25. The SMILES string of the molecule is CC(C)(C)OC(=O)CC[C@@H](NC(=O)NC1CCC1)C(=O)O. The minimum Gasteiger partial charge on any atom is -0.480 e. The molecule has 2 amide bonds. The third kappa shape index (κ3) is 6.97. The average molecular weight is 300 g/mol. The normalized spacial score (nSPS) is 16.5. The fraction of sp³-hybridized carbons (Fsp3) is 0.786. The van der Waals surface area contributed by atoms with Crippen molar-refractivity contribution >= 4 is 18.0 Å². The molecule has 0 aromatic rings. The van der Waals surface area contributed by atoms with Gasteiger partial charge >= 0.3 is 18.0 Å². The molecule has 0 aliphatic heterocycles. The number of carboxylic acid groups (broad SMARTS) is 1. The van der Waals surface area contributed by atoms with Crippen molar-refractivity contribution in [1.82, 2.24) is 10.6 Å². The third-order valence-electron chi connectivity index (χ3n) is 3.10. The summed E-state index contributed by atoms with van der Waals surface area (Å²) in [7, 11) is 0. The van der Waals surface area contributed by atoms with Crippen LogP contribution in [0.2, 0.25) is 0 Å². The summed E-state index contributed by atoms with van der Waals surface area (Å²) in [5.74, 6) is -1.64. The highest BCUT2D eigenvalue weighted by Crippen LogP contribution is 2.17. The number of carboxylic acids is 1. The average Bonchev–Trinajstić information content (AvgIpc) is 2.26. The predicted octanol–water partition coefficient (Wildman–Crippen LogP) is 1.41. The number of rotatable bonds is 6. The van der Waals surface area contributed by atoms with E-state index in [1.54, 1.807) is 20.8 Å². The van der Waals surface area contributed by atoms with Gasteiger partial charge in [-0.3, -0.25) is 4.79 Å². The van der Waals surface area contributed by atoms with Crippen LogP contribution in [0, 0.1) is 0 Å². The van der Waals surface area contributed by atoms with E-state index in [4.69, 9.17) is 9.84 Å². The molecule has 0 heterocycles. The van der Waals surface area contributed by atoms with E-state index in [1.165, 1.54) is 0 Å². The summed E-state index contributed by atoms with van der Waals surface area (Å²) in [6, 6.07) is -1.47. The van der Waals surface area contributed by atoms with E-state index >= 15 is 0 Å². The molecular weight excluding hydrogens is 276 g/mol. The second-order valence-electron chi connectivity index (χ2n) is 6.26. The quantitative estimate of drug-likeness (QED) is 0.643. The first kappa shape index (κ1) is 17.3. The minimum absolute atomic E-state index is 0.00231. The van der Waals surface area contributed by atoms with Crippen molar-refractivity contribution in [3.05, 3.63) is 0 Å². The Morgan fingerprint density at radius 2 is 1.90 bits per heavy atom. The molecule has 7 nitrogen and oxygen atoms in total. The van der Waals surface area contributed by atoms with Crippen LogP contribution in [-0.4, -0.2) is 40.8 Å². The lowest BCUT2D eigenvalue weighted by atomic mass is 9.93. The van der Waals surface area contributed by atoms with Crippen molar-refractivity contribution < 1.29 is 24.2 Å². The summed E-state index contributed by atoms with van der Waals surface area (Å²) < 4.78 is 5.10. The molecule has 1 aliphatic rings. The molecule has 0 saturated heterocycles. The standard InChI is InChI=1S/C14H24N2O5/c1-14(2,3)21-11(17)8-7-10(12(18)19)16-13(20)15-9-5-4-6-9/h9-10H,4-8H2,1-3H3,(H,18,19)(H2,15,16,20)/t10-/m1/s1. The van der Waals surface area contributed by atoms with E-state index in [9.17, 15) is 14.4 Å². The number of carbonyl (C=O) groups is 3.